The first-order valence-corrected chi connectivity index (χ1v) is 17.9. The molecule has 6 rings (SSSR count). The highest BCUT2D eigenvalue weighted by Gasteiger charge is 2.30. The zero-order valence-corrected chi connectivity index (χ0v) is 27.8. The average molecular weight is 687 g/mol. The summed E-state index contributed by atoms with van der Waals surface area (Å²) in [5, 5.41) is 16.1. The van der Waals surface area contributed by atoms with Gasteiger partial charge in [0.25, 0.3) is 0 Å². The Kier molecular flexibility index (Phi) is 9.59. The minimum absolute atomic E-state index is 0.153. The third-order valence-corrected chi connectivity index (χ3v) is 11.7. The van der Waals surface area contributed by atoms with Crippen LogP contribution in [-0.4, -0.2) is 95.1 Å². The Morgan fingerprint density at radius 3 is 2.49 bits per heavy atom. The number of likely N-dealkylation sites (tertiary alicyclic amines) is 1. The Hall–Kier alpha value is -3.55. The molecular formula is C32H37F3N8O2S2. The molecule has 1 aromatic carbocycles. The molecule has 0 amide bonds. The maximum atomic E-state index is 12.9. The molecule has 5 heterocycles. The zero-order chi connectivity index (χ0) is 33.3. The van der Waals surface area contributed by atoms with Gasteiger partial charge in [-0.05, 0) is 49.1 Å². The van der Waals surface area contributed by atoms with Crippen LogP contribution in [0.5, 0.6) is 0 Å². The Labute approximate surface area is 276 Å². The Morgan fingerprint density at radius 1 is 1.06 bits per heavy atom. The van der Waals surface area contributed by atoms with Crippen LogP contribution in [0.3, 0.4) is 0 Å². The summed E-state index contributed by atoms with van der Waals surface area (Å²) in [6, 6.07) is 10.3. The average Bonchev–Trinajstić information content (AvgIpc) is 3.63. The lowest BCUT2D eigenvalue weighted by atomic mass is 10.0. The number of thiophene rings is 1. The second-order valence-electron chi connectivity index (χ2n) is 12.2. The summed E-state index contributed by atoms with van der Waals surface area (Å²) in [5.41, 5.74) is 3.98. The molecule has 0 unspecified atom stereocenters. The van der Waals surface area contributed by atoms with Crippen molar-refractivity contribution < 1.29 is 21.6 Å². The van der Waals surface area contributed by atoms with Crippen LogP contribution in [0.4, 0.5) is 19.0 Å². The van der Waals surface area contributed by atoms with E-state index in [1.54, 1.807) is 6.07 Å². The minimum Gasteiger partial charge on any atom is -0.367 e. The molecule has 3 aromatic heterocycles. The van der Waals surface area contributed by atoms with Gasteiger partial charge in [0.1, 0.15) is 28.7 Å². The first-order chi connectivity index (χ1) is 22.4. The summed E-state index contributed by atoms with van der Waals surface area (Å²) in [5.74, 6) is 0.583. The number of anilines is 1. The van der Waals surface area contributed by atoms with E-state index < -0.39 is 22.6 Å². The lowest BCUT2D eigenvalue weighted by Crippen LogP contribution is -2.48. The zero-order valence-electron chi connectivity index (χ0n) is 26.1. The van der Waals surface area contributed by atoms with Crippen molar-refractivity contribution >= 4 is 48.3 Å². The van der Waals surface area contributed by atoms with E-state index in [0.717, 1.165) is 65.7 Å². The third-order valence-electron chi connectivity index (χ3n) is 9.20. The molecule has 47 heavy (non-hydrogen) atoms. The quantitative estimate of drug-likeness (QED) is 0.246. The maximum Gasteiger partial charge on any atom is 0.393 e. The highest BCUT2D eigenvalue weighted by molar-refractivity contribution is 7.92. The van der Waals surface area contributed by atoms with E-state index in [1.807, 2.05) is 6.07 Å². The fraction of sp³-hybridized carbons (Fsp3) is 0.469. The first-order valence-electron chi connectivity index (χ1n) is 15.6. The van der Waals surface area contributed by atoms with Crippen molar-refractivity contribution in [2.75, 3.05) is 51.1 Å². The van der Waals surface area contributed by atoms with E-state index in [4.69, 9.17) is 0 Å². The highest BCUT2D eigenvalue weighted by Crippen LogP contribution is 2.33. The largest absolute Gasteiger partial charge is 0.393 e. The van der Waals surface area contributed by atoms with Gasteiger partial charge in [0.15, 0.2) is 0 Å². The molecule has 2 aliphatic rings. The van der Waals surface area contributed by atoms with Crippen LogP contribution in [0.25, 0.3) is 21.1 Å². The molecule has 250 valence electrons. The van der Waals surface area contributed by atoms with Gasteiger partial charge >= 0.3 is 6.18 Å². The number of sulfonamides is 1. The number of rotatable bonds is 10. The molecule has 15 heteroatoms. The molecule has 0 atom stereocenters. The van der Waals surface area contributed by atoms with Crippen LogP contribution in [0.1, 0.15) is 34.5 Å². The summed E-state index contributed by atoms with van der Waals surface area (Å²) in [6.07, 6.45) is -2.09. The van der Waals surface area contributed by atoms with E-state index >= 15 is 0 Å². The van der Waals surface area contributed by atoms with Crippen LogP contribution in [-0.2, 0) is 29.5 Å². The number of benzene rings is 1. The van der Waals surface area contributed by atoms with E-state index in [2.05, 4.69) is 61.4 Å². The molecule has 0 radical (unpaired) electrons. The number of hydrogen-bond acceptors (Lipinski definition) is 9. The molecule has 0 aliphatic carbocycles. The Bertz CT molecular complexity index is 1920. The number of aromatic nitrogens is 3. The van der Waals surface area contributed by atoms with Gasteiger partial charge in [-0.25, -0.2) is 18.4 Å². The smallest absolute Gasteiger partial charge is 0.367 e. The van der Waals surface area contributed by atoms with Crippen molar-refractivity contribution in [2.24, 2.45) is 0 Å². The van der Waals surface area contributed by atoms with E-state index in [-0.39, 0.29) is 10.9 Å². The number of piperidine rings is 1. The number of alkyl halides is 3. The Morgan fingerprint density at radius 2 is 1.81 bits per heavy atom. The summed E-state index contributed by atoms with van der Waals surface area (Å²) >= 11 is 1.05. The minimum atomic E-state index is -4.27. The van der Waals surface area contributed by atoms with Crippen LogP contribution in [0.15, 0.2) is 42.6 Å². The van der Waals surface area contributed by atoms with Crippen molar-refractivity contribution in [3.63, 3.8) is 0 Å². The number of nitrogens with zero attached hydrogens (tertiary/aromatic N) is 7. The molecule has 10 nitrogen and oxygen atoms in total. The van der Waals surface area contributed by atoms with Gasteiger partial charge in [-0.15, -0.1) is 11.3 Å². The van der Waals surface area contributed by atoms with Crippen LogP contribution >= 0.6 is 11.3 Å². The molecule has 1 N–H and O–H groups in total. The van der Waals surface area contributed by atoms with Gasteiger partial charge in [0.2, 0.25) is 10.0 Å². The summed E-state index contributed by atoms with van der Waals surface area (Å²) in [7, 11) is -3.41. The third kappa shape index (κ3) is 7.47. The fourth-order valence-corrected chi connectivity index (χ4v) is 8.46. The fourth-order valence-electron chi connectivity index (χ4n) is 6.56. The van der Waals surface area contributed by atoms with Crippen molar-refractivity contribution in [2.45, 2.75) is 51.5 Å². The second-order valence-corrected chi connectivity index (χ2v) is 15.2. The Balaban J connectivity index is 1.06. The molecular weight excluding hydrogens is 650 g/mol. The van der Waals surface area contributed by atoms with Crippen molar-refractivity contribution in [1.82, 2.24) is 28.6 Å². The van der Waals surface area contributed by atoms with Crippen LogP contribution in [0.2, 0.25) is 0 Å². The molecule has 4 aromatic rings. The first kappa shape index (κ1) is 33.4. The van der Waals surface area contributed by atoms with E-state index in [1.165, 1.54) is 16.2 Å². The molecule has 2 aliphatic heterocycles. The number of nitrogens with one attached hydrogen (secondary N) is 1. The number of piperazine rings is 1. The normalized spacial score (nSPS) is 17.8. The number of halogens is 3. The molecule has 0 bridgehead atoms. The number of hydrogen-bond donors (Lipinski definition) is 1. The van der Waals surface area contributed by atoms with Gasteiger partial charge < -0.3 is 9.88 Å². The number of nitriles is 1. The van der Waals surface area contributed by atoms with Crippen molar-refractivity contribution in [1.29, 1.82) is 5.26 Å². The van der Waals surface area contributed by atoms with Crippen molar-refractivity contribution in [3.05, 3.63) is 64.3 Å². The van der Waals surface area contributed by atoms with Gasteiger partial charge in [-0.1, -0.05) is 12.6 Å². The lowest BCUT2D eigenvalue weighted by Gasteiger charge is -2.33. The molecule has 2 saturated heterocycles. The van der Waals surface area contributed by atoms with E-state index in [0.29, 0.717) is 61.0 Å². The second kappa shape index (κ2) is 13.5. The van der Waals surface area contributed by atoms with E-state index in [9.17, 15) is 26.9 Å². The SMILES string of the molecule is C=CS(=O)(=O)N1CCN(CCn2c(C#N)cc3c(C)c(CN4CCC(Nc5ncnc6sc(CC(F)(F)F)cc56)CC4)ccc32)CC1. The molecule has 0 saturated carbocycles. The van der Waals surface area contributed by atoms with Crippen molar-refractivity contribution in [3.8, 4) is 6.07 Å². The topological polar surface area (TPSA) is 110 Å². The number of fused-ring (bicyclic) bond motifs is 2. The van der Waals surface area contributed by atoms with Gasteiger partial charge in [-0.3, -0.25) is 9.80 Å². The molecule has 2 fully saturated rings. The summed E-state index contributed by atoms with van der Waals surface area (Å²) in [6.45, 7) is 11.5. The highest BCUT2D eigenvalue weighted by atomic mass is 32.2. The summed E-state index contributed by atoms with van der Waals surface area (Å²) in [4.78, 5) is 13.9. The summed E-state index contributed by atoms with van der Waals surface area (Å²) < 4.78 is 66.5. The standard InChI is InChI=1S/C32H37F3N8O2S2/c1-3-47(44,45)42-13-10-40(11-14-42)12-15-43-25(19-36)16-27-22(2)23(4-5-29(27)43)20-41-8-6-24(7-9-41)39-30-28-17-26(18-32(33,34)35)46-31(28)38-21-37-30/h3-5,16-17,21,24H,1,6-15,18,20H2,2H3,(H,37,38,39). The van der Waals surface area contributed by atoms with Gasteiger partial charge in [0, 0.05) is 86.1 Å². The van der Waals surface area contributed by atoms with Crippen LogP contribution in [0, 0.1) is 18.3 Å². The van der Waals surface area contributed by atoms with Gasteiger partial charge in [-0.2, -0.15) is 22.7 Å². The lowest BCUT2D eigenvalue weighted by molar-refractivity contribution is -0.126. The predicted octanol–water partition coefficient (Wildman–Crippen LogP) is 5.10. The maximum absolute atomic E-state index is 12.9. The monoisotopic (exact) mass is 686 g/mol. The molecule has 0 spiro atoms. The van der Waals surface area contributed by atoms with Gasteiger partial charge in [0.05, 0.1) is 11.8 Å². The number of aryl methyl sites for hydroxylation is 1. The predicted molar refractivity (Wildman–Crippen MR) is 178 cm³/mol. The van der Waals surface area contributed by atoms with Crippen LogP contribution < -0.4 is 5.32 Å².